The Bertz CT molecular complexity index is 460. The molecule has 150 valence electrons. The molecule has 0 amide bonds. The lowest BCUT2D eigenvalue weighted by Crippen LogP contribution is -1.91. The number of nitrogens with zero attached hydrogens (tertiary/aromatic N) is 2. The Balaban J connectivity index is 1.77. The second-order valence-corrected chi connectivity index (χ2v) is 7.54. The molecule has 5 nitrogen and oxygen atoms in total. The van der Waals surface area contributed by atoms with Crippen molar-refractivity contribution in [2.75, 3.05) is 0 Å². The predicted octanol–water partition coefficient (Wildman–Crippen LogP) is 7.12. The normalized spacial score (nSPS) is 11.1. The van der Waals surface area contributed by atoms with Crippen LogP contribution in [-0.2, 0) is 6.42 Å². The van der Waals surface area contributed by atoms with E-state index in [1.54, 1.807) is 6.20 Å². The molecule has 0 spiro atoms. The van der Waals surface area contributed by atoms with E-state index >= 15 is 0 Å². The third-order valence-electron chi connectivity index (χ3n) is 5.09. The maximum Gasteiger partial charge on any atom is 0.432 e. The van der Waals surface area contributed by atoms with Crippen molar-refractivity contribution in [2.24, 2.45) is 0 Å². The minimum atomic E-state index is -0.475. The minimum Gasteiger partial charge on any atom is -0.390 e. The minimum absolute atomic E-state index is 0.142. The Morgan fingerprint density at radius 3 is 1.62 bits per heavy atom. The van der Waals surface area contributed by atoms with Crippen molar-refractivity contribution in [3.8, 4) is 0 Å². The monoisotopic (exact) mass is 365 g/mol. The topological polar surface area (TPSA) is 71.8 Å². The summed E-state index contributed by atoms with van der Waals surface area (Å²) in [5, 5.41) is 10.5. The van der Waals surface area contributed by atoms with E-state index in [1.165, 1.54) is 96.3 Å². The van der Waals surface area contributed by atoms with Crippen LogP contribution < -0.4 is 0 Å². The lowest BCUT2D eigenvalue weighted by Gasteiger charge is -2.03. The van der Waals surface area contributed by atoms with Crippen molar-refractivity contribution in [1.29, 1.82) is 0 Å². The summed E-state index contributed by atoms with van der Waals surface area (Å²) in [5.41, 5.74) is 0.877. The van der Waals surface area contributed by atoms with Gasteiger partial charge in [0.25, 0.3) is 0 Å². The highest BCUT2D eigenvalue weighted by Crippen LogP contribution is 2.14. The van der Waals surface area contributed by atoms with Gasteiger partial charge >= 0.3 is 5.95 Å². The molecule has 26 heavy (non-hydrogen) atoms. The molecule has 1 aromatic heterocycles. The number of imidazole rings is 1. The zero-order chi connectivity index (χ0) is 18.9. The number of hydrogen-bond donors (Lipinski definition) is 1. The van der Waals surface area contributed by atoms with E-state index in [-0.39, 0.29) is 5.95 Å². The van der Waals surface area contributed by atoms with Crippen LogP contribution in [0.1, 0.15) is 115 Å². The SMILES string of the molecule is CCCCCCCCCCCCCCCCCCc1cnc([N+](=O)[O-])[nH]1. The van der Waals surface area contributed by atoms with Gasteiger partial charge in [0.1, 0.15) is 11.9 Å². The van der Waals surface area contributed by atoms with Crippen LogP contribution in [0.25, 0.3) is 0 Å². The summed E-state index contributed by atoms with van der Waals surface area (Å²) in [6.45, 7) is 2.27. The molecule has 0 atom stereocenters. The molecule has 0 fully saturated rings. The standard InChI is InChI=1S/C21H39N3O2/c1-2-3-4-5-6-7-8-9-10-11-12-13-14-15-16-17-18-20-19-22-21(23-20)24(25)26/h19H,2-18H2,1H3,(H,22,23). The van der Waals surface area contributed by atoms with Crippen molar-refractivity contribution in [3.05, 3.63) is 22.0 Å². The fraction of sp³-hybridized carbons (Fsp3) is 0.857. The Labute approximate surface area is 159 Å². The van der Waals surface area contributed by atoms with Gasteiger partial charge in [-0.05, 0) is 11.3 Å². The fourth-order valence-electron chi connectivity index (χ4n) is 3.43. The van der Waals surface area contributed by atoms with Crippen LogP contribution in [0.4, 0.5) is 5.95 Å². The summed E-state index contributed by atoms with van der Waals surface area (Å²) < 4.78 is 0. The van der Waals surface area contributed by atoms with Crippen molar-refractivity contribution < 1.29 is 4.92 Å². The lowest BCUT2D eigenvalue weighted by atomic mass is 10.0. The lowest BCUT2D eigenvalue weighted by molar-refractivity contribution is -0.393. The Hall–Kier alpha value is -1.39. The second kappa shape index (κ2) is 15.8. The first-order valence-corrected chi connectivity index (χ1v) is 10.9. The van der Waals surface area contributed by atoms with E-state index in [4.69, 9.17) is 0 Å². The van der Waals surface area contributed by atoms with Gasteiger partial charge in [0.2, 0.25) is 0 Å². The Morgan fingerprint density at radius 2 is 1.23 bits per heavy atom. The van der Waals surface area contributed by atoms with Crippen molar-refractivity contribution in [2.45, 2.75) is 116 Å². The van der Waals surface area contributed by atoms with Crippen LogP contribution in [-0.4, -0.2) is 14.9 Å². The number of aromatic amines is 1. The molecule has 5 heteroatoms. The van der Waals surface area contributed by atoms with E-state index in [1.807, 2.05) is 0 Å². The molecule has 0 aliphatic heterocycles. The van der Waals surface area contributed by atoms with Gasteiger partial charge in [0, 0.05) is 6.42 Å². The number of H-pyrrole nitrogens is 1. The largest absolute Gasteiger partial charge is 0.432 e. The molecule has 0 unspecified atom stereocenters. The molecule has 1 N–H and O–H groups in total. The number of unbranched alkanes of at least 4 members (excludes halogenated alkanes) is 15. The quantitative estimate of drug-likeness (QED) is 0.171. The van der Waals surface area contributed by atoms with Crippen LogP contribution in [0.3, 0.4) is 0 Å². The van der Waals surface area contributed by atoms with E-state index in [0.29, 0.717) is 0 Å². The number of aromatic nitrogens is 2. The molecule has 1 rings (SSSR count). The molecule has 0 saturated heterocycles. The molecule has 0 radical (unpaired) electrons. The number of hydrogen-bond acceptors (Lipinski definition) is 3. The molecular weight excluding hydrogens is 326 g/mol. The van der Waals surface area contributed by atoms with Gasteiger partial charge in [-0.2, -0.15) is 0 Å². The van der Waals surface area contributed by atoms with Crippen LogP contribution in [0, 0.1) is 10.1 Å². The van der Waals surface area contributed by atoms with Gasteiger partial charge in [-0.25, -0.2) is 4.98 Å². The third-order valence-corrected chi connectivity index (χ3v) is 5.09. The zero-order valence-corrected chi connectivity index (χ0v) is 16.8. The molecule has 0 aromatic carbocycles. The molecule has 1 heterocycles. The van der Waals surface area contributed by atoms with Crippen molar-refractivity contribution in [3.63, 3.8) is 0 Å². The summed E-state index contributed by atoms with van der Waals surface area (Å²) in [5.74, 6) is -0.142. The van der Waals surface area contributed by atoms with E-state index < -0.39 is 4.92 Å². The van der Waals surface area contributed by atoms with Gasteiger partial charge < -0.3 is 10.1 Å². The highest BCUT2D eigenvalue weighted by molar-refractivity contribution is 5.10. The van der Waals surface area contributed by atoms with Gasteiger partial charge in [-0.15, -0.1) is 0 Å². The fourth-order valence-corrected chi connectivity index (χ4v) is 3.43. The second-order valence-electron chi connectivity index (χ2n) is 7.54. The molecule has 0 aliphatic rings. The number of nitro groups is 1. The summed E-state index contributed by atoms with van der Waals surface area (Å²) in [4.78, 5) is 16.6. The maximum atomic E-state index is 10.5. The molecule has 0 saturated carbocycles. The highest BCUT2D eigenvalue weighted by Gasteiger charge is 2.09. The van der Waals surface area contributed by atoms with Crippen molar-refractivity contribution in [1.82, 2.24) is 9.97 Å². The van der Waals surface area contributed by atoms with Crippen LogP contribution in [0.2, 0.25) is 0 Å². The van der Waals surface area contributed by atoms with E-state index in [9.17, 15) is 10.1 Å². The van der Waals surface area contributed by atoms with E-state index in [2.05, 4.69) is 16.9 Å². The van der Waals surface area contributed by atoms with Gasteiger partial charge in [-0.1, -0.05) is 108 Å². The Morgan fingerprint density at radius 1 is 0.808 bits per heavy atom. The number of nitrogens with one attached hydrogen (secondary N) is 1. The third kappa shape index (κ3) is 12.0. The average molecular weight is 366 g/mol. The maximum absolute atomic E-state index is 10.5. The van der Waals surface area contributed by atoms with Crippen LogP contribution in [0.5, 0.6) is 0 Å². The summed E-state index contributed by atoms with van der Waals surface area (Å²) >= 11 is 0. The van der Waals surface area contributed by atoms with Crippen molar-refractivity contribution >= 4 is 5.95 Å². The van der Waals surface area contributed by atoms with Gasteiger partial charge in [0.15, 0.2) is 0 Å². The van der Waals surface area contributed by atoms with Crippen LogP contribution in [0.15, 0.2) is 6.20 Å². The highest BCUT2D eigenvalue weighted by atomic mass is 16.6. The van der Waals surface area contributed by atoms with Gasteiger partial charge in [-0.3, -0.25) is 0 Å². The molecule has 0 bridgehead atoms. The van der Waals surface area contributed by atoms with E-state index in [0.717, 1.165) is 18.5 Å². The first kappa shape index (κ1) is 22.7. The first-order chi connectivity index (χ1) is 12.7. The van der Waals surface area contributed by atoms with Crippen LogP contribution >= 0.6 is 0 Å². The number of aryl methyl sites for hydroxylation is 1. The summed E-state index contributed by atoms with van der Waals surface area (Å²) in [7, 11) is 0. The molecule has 1 aromatic rings. The summed E-state index contributed by atoms with van der Waals surface area (Å²) in [6, 6.07) is 0. The molecular formula is C21H39N3O2. The predicted molar refractivity (Wildman–Crippen MR) is 108 cm³/mol. The first-order valence-electron chi connectivity index (χ1n) is 10.9. The molecule has 0 aliphatic carbocycles. The number of rotatable bonds is 18. The smallest absolute Gasteiger partial charge is 0.390 e. The Kier molecular flexibility index (Phi) is 13.8. The van der Waals surface area contributed by atoms with Gasteiger partial charge in [0.05, 0.1) is 0 Å². The summed E-state index contributed by atoms with van der Waals surface area (Å²) in [6.07, 6.45) is 24.2. The zero-order valence-electron chi connectivity index (χ0n) is 16.8. The average Bonchev–Trinajstić information content (AvgIpc) is 3.10.